The molecular weight excluding hydrogens is 102 g/mol. The van der Waals surface area contributed by atoms with Gasteiger partial charge in [0.25, 0.3) is 0 Å². The van der Waals surface area contributed by atoms with E-state index in [1.807, 2.05) is 27.7 Å². The molecule has 48 valence electrons. The lowest BCUT2D eigenvalue weighted by atomic mass is 10.5. The molecule has 0 heterocycles. The van der Waals surface area contributed by atoms with Gasteiger partial charge in [-0.25, -0.2) is 0 Å². The minimum Gasteiger partial charge on any atom is -0.277 e. The maximum Gasteiger partial charge on any atom is 0.195 e. The molecule has 0 bridgehead atoms. The lowest BCUT2D eigenvalue weighted by Crippen LogP contribution is -2.71. The summed E-state index contributed by atoms with van der Waals surface area (Å²) < 4.78 is 0. The van der Waals surface area contributed by atoms with E-state index in [9.17, 15) is 0 Å². The molecular formula is C6H14NO+. The van der Waals surface area contributed by atoms with E-state index in [4.69, 9.17) is 4.84 Å². The molecule has 0 aliphatic rings. The highest BCUT2D eigenvalue weighted by molar-refractivity contribution is 5.72. The second-order valence-electron chi connectivity index (χ2n) is 2.27. The molecule has 0 fully saturated rings. The first-order chi connectivity index (χ1) is 3.63. The SMILES string of the molecule is CC(C)=[NH+]OC(C)C. The molecule has 0 spiro atoms. The molecule has 0 aromatic rings. The molecule has 2 heteroatoms. The molecule has 0 atom stereocenters. The second-order valence-corrected chi connectivity index (χ2v) is 2.27. The van der Waals surface area contributed by atoms with Gasteiger partial charge >= 0.3 is 0 Å². The predicted molar refractivity (Wildman–Crippen MR) is 33.5 cm³/mol. The Kier molecular flexibility index (Phi) is 3.24. The normalized spacial score (nSPS) is 9.12. The second kappa shape index (κ2) is 3.47. The highest BCUT2D eigenvalue weighted by atomic mass is 16.6. The molecule has 2 nitrogen and oxygen atoms in total. The van der Waals surface area contributed by atoms with Gasteiger partial charge in [0, 0.05) is 13.8 Å². The van der Waals surface area contributed by atoms with E-state index in [1.54, 1.807) is 0 Å². The monoisotopic (exact) mass is 116 g/mol. The first-order valence-corrected chi connectivity index (χ1v) is 2.84. The molecule has 0 rings (SSSR count). The van der Waals surface area contributed by atoms with Gasteiger partial charge in [0.1, 0.15) is 0 Å². The van der Waals surface area contributed by atoms with Crippen LogP contribution < -0.4 is 5.16 Å². The zero-order valence-corrected chi connectivity index (χ0v) is 5.99. The molecule has 0 amide bonds. The number of hydrogen-bond donors (Lipinski definition) is 1. The first kappa shape index (κ1) is 7.47. The van der Waals surface area contributed by atoms with Crippen molar-refractivity contribution in [3.05, 3.63) is 0 Å². The molecule has 0 saturated carbocycles. The van der Waals surface area contributed by atoms with Crippen LogP contribution >= 0.6 is 0 Å². The summed E-state index contributed by atoms with van der Waals surface area (Å²) in [5.41, 5.74) is 1.08. The lowest BCUT2D eigenvalue weighted by Gasteiger charge is -1.93. The Morgan fingerprint density at radius 2 is 1.88 bits per heavy atom. The highest BCUT2D eigenvalue weighted by Crippen LogP contribution is 1.74. The van der Waals surface area contributed by atoms with Gasteiger partial charge in [-0.05, 0) is 19.0 Å². The molecule has 8 heavy (non-hydrogen) atoms. The third kappa shape index (κ3) is 5.47. The third-order valence-electron chi connectivity index (χ3n) is 0.499. The summed E-state index contributed by atoms with van der Waals surface area (Å²) in [4.78, 5) is 5.02. The fourth-order valence-electron chi connectivity index (χ4n) is 0.236. The molecule has 0 unspecified atom stereocenters. The predicted octanol–water partition coefficient (Wildman–Crippen LogP) is -0.112. The summed E-state index contributed by atoms with van der Waals surface area (Å²) in [5, 5.41) is 2.76. The van der Waals surface area contributed by atoms with Crippen molar-refractivity contribution in [2.24, 2.45) is 0 Å². The van der Waals surface area contributed by atoms with Gasteiger partial charge in [-0.15, -0.1) is 0 Å². The van der Waals surface area contributed by atoms with E-state index in [-0.39, 0.29) is 6.10 Å². The highest BCUT2D eigenvalue weighted by Gasteiger charge is 1.92. The standard InChI is InChI=1S/C6H13NO/c1-5(2)7-8-6(3)4/h6H,1-4H3/p+1. The van der Waals surface area contributed by atoms with Crippen LogP contribution in [0.4, 0.5) is 0 Å². The number of hydrogen-bond acceptors (Lipinski definition) is 1. The molecule has 0 radical (unpaired) electrons. The van der Waals surface area contributed by atoms with Crippen LogP contribution in [-0.2, 0) is 4.84 Å². The number of nitrogens with one attached hydrogen (secondary N) is 1. The van der Waals surface area contributed by atoms with E-state index in [2.05, 4.69) is 5.16 Å². The van der Waals surface area contributed by atoms with Crippen molar-refractivity contribution in [2.45, 2.75) is 33.8 Å². The van der Waals surface area contributed by atoms with Crippen LogP contribution in [0.15, 0.2) is 0 Å². The largest absolute Gasteiger partial charge is 0.277 e. The summed E-state index contributed by atoms with van der Waals surface area (Å²) >= 11 is 0. The fourth-order valence-corrected chi connectivity index (χ4v) is 0.236. The minimum atomic E-state index is 0.255. The van der Waals surface area contributed by atoms with Crippen LogP contribution in [0.25, 0.3) is 0 Å². The van der Waals surface area contributed by atoms with E-state index in [1.165, 1.54) is 0 Å². The molecule has 0 aliphatic heterocycles. The minimum absolute atomic E-state index is 0.255. The van der Waals surface area contributed by atoms with Gasteiger partial charge in [-0.3, -0.25) is 4.84 Å². The van der Waals surface area contributed by atoms with Crippen LogP contribution in [0.5, 0.6) is 0 Å². The Bertz CT molecular complexity index is 82.5. The van der Waals surface area contributed by atoms with E-state index < -0.39 is 0 Å². The van der Waals surface area contributed by atoms with Crippen LogP contribution in [0, 0.1) is 0 Å². The maximum absolute atomic E-state index is 5.02. The Balaban J connectivity index is 3.29. The Morgan fingerprint density at radius 3 is 2.00 bits per heavy atom. The van der Waals surface area contributed by atoms with Crippen molar-refractivity contribution in [3.63, 3.8) is 0 Å². The summed E-state index contributed by atoms with van der Waals surface area (Å²) in [7, 11) is 0. The smallest absolute Gasteiger partial charge is 0.195 e. The van der Waals surface area contributed by atoms with Crippen LogP contribution in [-0.4, -0.2) is 11.8 Å². The molecule has 0 aliphatic carbocycles. The van der Waals surface area contributed by atoms with Gasteiger partial charge in [-0.1, -0.05) is 0 Å². The van der Waals surface area contributed by atoms with E-state index >= 15 is 0 Å². The molecule has 1 N–H and O–H groups in total. The summed E-state index contributed by atoms with van der Waals surface area (Å²) in [6.45, 7) is 7.89. The van der Waals surface area contributed by atoms with Gasteiger partial charge in [0.05, 0.1) is 0 Å². The van der Waals surface area contributed by atoms with Crippen molar-refractivity contribution in [1.82, 2.24) is 0 Å². The molecule has 0 aromatic heterocycles. The average Bonchev–Trinajstić information content (AvgIpc) is 1.61. The Labute approximate surface area is 50.5 Å². The quantitative estimate of drug-likeness (QED) is 0.395. The fraction of sp³-hybridized carbons (Fsp3) is 0.833. The van der Waals surface area contributed by atoms with E-state index in [0.29, 0.717) is 0 Å². The van der Waals surface area contributed by atoms with Crippen LogP contribution in [0.2, 0.25) is 0 Å². The molecule has 0 saturated heterocycles. The summed E-state index contributed by atoms with van der Waals surface area (Å²) in [5.74, 6) is 0. The van der Waals surface area contributed by atoms with Crippen LogP contribution in [0.1, 0.15) is 27.7 Å². The molecule has 0 aromatic carbocycles. The Morgan fingerprint density at radius 1 is 1.38 bits per heavy atom. The topological polar surface area (TPSA) is 23.2 Å². The van der Waals surface area contributed by atoms with Crippen molar-refractivity contribution in [2.75, 3.05) is 0 Å². The first-order valence-electron chi connectivity index (χ1n) is 2.84. The Hall–Kier alpha value is -0.530. The van der Waals surface area contributed by atoms with Gasteiger partial charge in [0.2, 0.25) is 0 Å². The summed E-state index contributed by atoms with van der Waals surface area (Å²) in [6.07, 6.45) is 0.255. The lowest BCUT2D eigenvalue weighted by molar-refractivity contribution is -0.763. The van der Waals surface area contributed by atoms with Gasteiger partial charge in [-0.2, -0.15) is 0 Å². The zero-order chi connectivity index (χ0) is 6.57. The van der Waals surface area contributed by atoms with Crippen molar-refractivity contribution in [1.29, 1.82) is 0 Å². The maximum atomic E-state index is 5.02. The van der Waals surface area contributed by atoms with Gasteiger partial charge in [0.15, 0.2) is 11.8 Å². The summed E-state index contributed by atoms with van der Waals surface area (Å²) in [6, 6.07) is 0. The number of rotatable bonds is 2. The van der Waals surface area contributed by atoms with Crippen molar-refractivity contribution >= 4 is 5.71 Å². The third-order valence-corrected chi connectivity index (χ3v) is 0.499. The van der Waals surface area contributed by atoms with E-state index in [0.717, 1.165) is 5.71 Å². The van der Waals surface area contributed by atoms with Gasteiger partial charge < -0.3 is 0 Å². The zero-order valence-electron chi connectivity index (χ0n) is 5.99. The average molecular weight is 116 g/mol. The van der Waals surface area contributed by atoms with Crippen molar-refractivity contribution in [3.8, 4) is 0 Å². The van der Waals surface area contributed by atoms with Crippen molar-refractivity contribution < 1.29 is 9.99 Å². The van der Waals surface area contributed by atoms with Crippen LogP contribution in [0.3, 0.4) is 0 Å².